The van der Waals surface area contributed by atoms with Gasteiger partial charge >= 0.3 is 53.6 Å². The summed E-state index contributed by atoms with van der Waals surface area (Å²) in [7, 11) is 0. The molecule has 37 heavy (non-hydrogen) atoms. The molecule has 0 aromatic rings. The molecule has 0 unspecified atom stereocenters. The Morgan fingerprint density at radius 2 is 1.05 bits per heavy atom. The van der Waals surface area contributed by atoms with Crippen LogP contribution in [0, 0.1) is 0 Å². The molecule has 0 saturated carbocycles. The molecule has 2 atom stereocenters. The average molecular weight is 611 g/mol. The van der Waals surface area contributed by atoms with Crippen molar-refractivity contribution in [2.75, 3.05) is 18.6 Å². The van der Waals surface area contributed by atoms with E-state index in [2.05, 4.69) is 0 Å². The van der Waals surface area contributed by atoms with Crippen LogP contribution in [0.1, 0.15) is 6.42 Å². The number of carbonyl (C=O) groups is 1. The third-order valence-corrected chi connectivity index (χ3v) is 5.28. The van der Waals surface area contributed by atoms with E-state index in [-0.39, 0.29) is 5.75 Å². The SMILES string of the molecule is CSCC[C@H](NC[C@@H](O)C(F)(F)C(F)(F)C(F)(F)C(F)(F)C(F)(F)C(F)(F)C(F)(F)C(F)(F)F)C(=O)O. The second-order valence-electron chi connectivity index (χ2n) is 7.16. The molecule has 0 aromatic carbocycles. The van der Waals surface area contributed by atoms with E-state index < -0.39 is 78.7 Å². The summed E-state index contributed by atoms with van der Waals surface area (Å²) in [6, 6.07) is -1.97. The topological polar surface area (TPSA) is 69.6 Å². The van der Waals surface area contributed by atoms with Crippen molar-refractivity contribution in [1.82, 2.24) is 5.32 Å². The number of carboxylic acids is 1. The molecule has 0 saturated heterocycles. The van der Waals surface area contributed by atoms with Gasteiger partial charge in [-0.1, -0.05) is 0 Å². The van der Waals surface area contributed by atoms with Crippen molar-refractivity contribution < 1.29 is 89.6 Å². The monoisotopic (exact) mass is 611 g/mol. The molecule has 0 aliphatic rings. The number of hydrogen-bond acceptors (Lipinski definition) is 4. The first kappa shape index (κ1) is 35.5. The fourth-order valence-electron chi connectivity index (χ4n) is 2.32. The number of alkyl halides is 17. The van der Waals surface area contributed by atoms with E-state index in [1.165, 1.54) is 11.6 Å². The Kier molecular flexibility index (Phi) is 10.2. The lowest BCUT2D eigenvalue weighted by Crippen LogP contribution is -2.75. The highest BCUT2D eigenvalue weighted by molar-refractivity contribution is 7.98. The molecule has 222 valence electrons. The Hall–Kier alpha value is -1.45. The highest BCUT2D eigenvalue weighted by atomic mass is 32.2. The van der Waals surface area contributed by atoms with Crippen LogP contribution in [0.2, 0.25) is 0 Å². The van der Waals surface area contributed by atoms with Gasteiger partial charge in [0.05, 0.1) is 0 Å². The molecule has 4 nitrogen and oxygen atoms in total. The third-order valence-electron chi connectivity index (χ3n) is 4.63. The van der Waals surface area contributed by atoms with Gasteiger partial charge in [0.1, 0.15) is 12.1 Å². The molecule has 0 amide bonds. The number of carboxylic acid groups (broad SMARTS) is 1. The Balaban J connectivity index is 6.42. The van der Waals surface area contributed by atoms with Crippen LogP contribution in [-0.4, -0.2) is 94.5 Å². The number of aliphatic hydroxyl groups excluding tert-OH is 1. The molecule has 0 heterocycles. The number of aliphatic hydroxyl groups is 1. The van der Waals surface area contributed by atoms with Crippen LogP contribution in [-0.2, 0) is 4.79 Å². The van der Waals surface area contributed by atoms with Crippen LogP contribution >= 0.6 is 11.8 Å². The lowest BCUT2D eigenvalue weighted by Gasteiger charge is -2.43. The predicted octanol–water partition coefficient (Wildman–Crippen LogP) is 5.15. The normalized spacial score (nSPS) is 17.1. The van der Waals surface area contributed by atoms with Crippen molar-refractivity contribution in [2.24, 2.45) is 0 Å². The molecule has 0 rings (SSSR count). The maximum atomic E-state index is 13.9. The molecule has 22 heteroatoms. The number of rotatable bonds is 14. The van der Waals surface area contributed by atoms with Gasteiger partial charge in [0.2, 0.25) is 0 Å². The molecule has 0 fully saturated rings. The van der Waals surface area contributed by atoms with Crippen molar-refractivity contribution in [3.8, 4) is 0 Å². The van der Waals surface area contributed by atoms with Gasteiger partial charge in [-0.2, -0.15) is 86.4 Å². The maximum absolute atomic E-state index is 13.9. The molecule has 0 aliphatic heterocycles. The number of thioether (sulfide) groups is 1. The summed E-state index contributed by atoms with van der Waals surface area (Å²) >= 11 is 0.932. The Bertz CT molecular complexity index is 801. The van der Waals surface area contributed by atoms with Gasteiger partial charge < -0.3 is 15.5 Å². The van der Waals surface area contributed by atoms with Crippen molar-refractivity contribution in [3.05, 3.63) is 0 Å². The van der Waals surface area contributed by atoms with Gasteiger partial charge in [-0.15, -0.1) is 0 Å². The molecule has 3 N–H and O–H groups in total. The summed E-state index contributed by atoms with van der Waals surface area (Å²) in [5.74, 6) is -60.0. The van der Waals surface area contributed by atoms with Gasteiger partial charge in [0.15, 0.2) is 0 Å². The highest BCUT2D eigenvalue weighted by Gasteiger charge is 2.95. The van der Waals surface area contributed by atoms with E-state index in [1.807, 2.05) is 0 Å². The van der Waals surface area contributed by atoms with Gasteiger partial charge in [0.25, 0.3) is 0 Å². The van der Waals surface area contributed by atoms with Crippen molar-refractivity contribution in [3.63, 3.8) is 0 Å². The van der Waals surface area contributed by atoms with E-state index in [1.54, 1.807) is 0 Å². The second kappa shape index (κ2) is 10.6. The predicted molar refractivity (Wildman–Crippen MR) is 89.1 cm³/mol. The first-order chi connectivity index (χ1) is 16.0. The van der Waals surface area contributed by atoms with Gasteiger partial charge in [0, 0.05) is 6.54 Å². The maximum Gasteiger partial charge on any atom is 0.460 e. The van der Waals surface area contributed by atoms with E-state index >= 15 is 0 Å². The van der Waals surface area contributed by atoms with Crippen LogP contribution in [0.15, 0.2) is 0 Å². The minimum Gasteiger partial charge on any atom is -0.480 e. The fraction of sp³-hybridized carbons (Fsp3) is 0.933. The Morgan fingerprint density at radius 3 is 1.38 bits per heavy atom. The van der Waals surface area contributed by atoms with Gasteiger partial charge in [-0.3, -0.25) is 4.79 Å². The summed E-state index contributed by atoms with van der Waals surface area (Å²) in [4.78, 5) is 10.9. The third kappa shape index (κ3) is 5.64. The van der Waals surface area contributed by atoms with E-state index in [0.29, 0.717) is 0 Å². The van der Waals surface area contributed by atoms with Crippen LogP contribution in [0.4, 0.5) is 74.6 Å². The van der Waals surface area contributed by atoms with Crippen LogP contribution < -0.4 is 5.32 Å². The lowest BCUT2D eigenvalue weighted by molar-refractivity contribution is -0.464. The zero-order chi connectivity index (χ0) is 30.3. The Morgan fingerprint density at radius 1 is 0.703 bits per heavy atom. The molecule has 0 aromatic heterocycles. The highest BCUT2D eigenvalue weighted by Crippen LogP contribution is 2.64. The average Bonchev–Trinajstić information content (AvgIpc) is 2.71. The van der Waals surface area contributed by atoms with Crippen molar-refractivity contribution in [1.29, 1.82) is 0 Å². The molecule has 0 bridgehead atoms. The minimum atomic E-state index is -8.77. The zero-order valence-corrected chi connectivity index (χ0v) is 18.2. The Labute approximate surface area is 198 Å². The summed E-state index contributed by atoms with van der Waals surface area (Å²) in [5, 5.41) is 19.3. The van der Waals surface area contributed by atoms with E-state index in [9.17, 15) is 79.4 Å². The zero-order valence-electron chi connectivity index (χ0n) is 17.4. The van der Waals surface area contributed by atoms with E-state index in [4.69, 9.17) is 10.2 Å². The molecule has 0 radical (unpaired) electrons. The first-order valence-electron chi connectivity index (χ1n) is 8.88. The fourth-order valence-corrected chi connectivity index (χ4v) is 2.79. The van der Waals surface area contributed by atoms with Gasteiger partial charge in [-0.25, -0.2) is 0 Å². The summed E-state index contributed by atoms with van der Waals surface area (Å²) in [5.41, 5.74) is 0. The number of hydrogen-bond donors (Lipinski definition) is 3. The minimum absolute atomic E-state index is 0.0806. The molecular formula is C15H14F17NO3S. The largest absolute Gasteiger partial charge is 0.480 e. The van der Waals surface area contributed by atoms with Crippen LogP contribution in [0.3, 0.4) is 0 Å². The molecular weight excluding hydrogens is 597 g/mol. The number of nitrogens with one attached hydrogen (secondary N) is 1. The first-order valence-corrected chi connectivity index (χ1v) is 10.3. The van der Waals surface area contributed by atoms with Gasteiger partial charge in [-0.05, 0) is 18.4 Å². The van der Waals surface area contributed by atoms with Crippen molar-refractivity contribution >= 4 is 17.7 Å². The summed E-state index contributed by atoms with van der Waals surface area (Å²) < 4.78 is 224. The lowest BCUT2D eigenvalue weighted by atomic mass is 9.87. The second-order valence-corrected chi connectivity index (χ2v) is 8.15. The number of aliphatic carboxylic acids is 1. The molecule has 0 spiro atoms. The number of halogens is 17. The quantitative estimate of drug-likeness (QED) is 0.237. The van der Waals surface area contributed by atoms with Crippen LogP contribution in [0.5, 0.6) is 0 Å². The van der Waals surface area contributed by atoms with Crippen LogP contribution in [0.25, 0.3) is 0 Å². The summed E-state index contributed by atoms with van der Waals surface area (Å²) in [6.07, 6.45) is -11.3. The van der Waals surface area contributed by atoms with E-state index in [0.717, 1.165) is 11.8 Å². The van der Waals surface area contributed by atoms with Crippen molar-refractivity contribution in [2.45, 2.75) is 66.2 Å². The summed E-state index contributed by atoms with van der Waals surface area (Å²) in [6.45, 7) is -2.16. The smallest absolute Gasteiger partial charge is 0.460 e. The standard InChI is InChI=1S/C15H14F17NO3S/c1-37-3-2-5(7(35)36)33-4-6(34)8(16,17)9(18,19)10(20,21)11(22,23)12(24,25)13(26,27)14(28,29)15(30,31)32/h5-6,33-34H,2-4H2,1H3,(H,35,36)/t5-,6+/m0/s1. The molecule has 0 aliphatic carbocycles.